The number of aromatic nitrogens is 1. The van der Waals surface area contributed by atoms with Gasteiger partial charge in [0.1, 0.15) is 5.75 Å². The van der Waals surface area contributed by atoms with E-state index >= 15 is 0 Å². The van der Waals surface area contributed by atoms with Crippen LogP contribution in [0.15, 0.2) is 59.6 Å². The molecule has 0 amide bonds. The lowest BCUT2D eigenvalue weighted by atomic mass is 9.79. The maximum atomic E-state index is 11.6. The molecule has 3 aromatic rings. The number of benzene rings is 2. The Morgan fingerprint density at radius 1 is 1.24 bits per heavy atom. The summed E-state index contributed by atoms with van der Waals surface area (Å²) in [6.07, 6.45) is 4.62. The molecule has 3 atom stereocenters. The lowest BCUT2D eigenvalue weighted by Crippen LogP contribution is -2.42. The van der Waals surface area contributed by atoms with Gasteiger partial charge in [0.25, 0.3) is 0 Å². The van der Waals surface area contributed by atoms with Gasteiger partial charge in [0.2, 0.25) is 0 Å². The number of pyridine rings is 1. The number of ether oxygens (including phenoxy) is 1. The van der Waals surface area contributed by atoms with E-state index in [9.17, 15) is 15.0 Å². The summed E-state index contributed by atoms with van der Waals surface area (Å²) in [6.45, 7) is 2.70. The first-order valence-electron chi connectivity index (χ1n) is 12.9. The molecule has 6 nitrogen and oxygen atoms in total. The van der Waals surface area contributed by atoms with Gasteiger partial charge in [0.15, 0.2) is 0 Å². The quantitative estimate of drug-likeness (QED) is 0.205. The van der Waals surface area contributed by atoms with Gasteiger partial charge in [-0.15, -0.1) is 11.8 Å². The second-order valence-electron chi connectivity index (χ2n) is 9.72. The largest absolute Gasteiger partial charge is 0.497 e. The molecule has 1 aromatic heterocycles. The molecule has 2 heterocycles. The summed E-state index contributed by atoms with van der Waals surface area (Å²) < 4.78 is 5.36. The van der Waals surface area contributed by atoms with Crippen molar-refractivity contribution in [1.82, 2.24) is 9.88 Å². The van der Waals surface area contributed by atoms with Crippen molar-refractivity contribution < 1.29 is 19.7 Å². The molecule has 1 aliphatic rings. The van der Waals surface area contributed by atoms with Crippen molar-refractivity contribution in [2.75, 3.05) is 32.5 Å². The molecule has 2 aromatic carbocycles. The van der Waals surface area contributed by atoms with Crippen molar-refractivity contribution >= 4 is 40.2 Å². The van der Waals surface area contributed by atoms with Gasteiger partial charge in [0, 0.05) is 29.4 Å². The summed E-state index contributed by atoms with van der Waals surface area (Å²) in [6, 6.07) is 15.4. The zero-order valence-electron chi connectivity index (χ0n) is 21.2. The van der Waals surface area contributed by atoms with Crippen molar-refractivity contribution in [2.24, 2.45) is 11.8 Å². The Labute approximate surface area is 228 Å². The number of aliphatic hydroxyl groups is 1. The number of hydrogen-bond donors (Lipinski definition) is 2. The molecule has 1 aliphatic heterocycles. The maximum absolute atomic E-state index is 11.6. The first kappa shape index (κ1) is 27.7. The fourth-order valence-electron chi connectivity index (χ4n) is 5.32. The Bertz CT molecular complexity index is 1190. The number of piperidine rings is 1. The van der Waals surface area contributed by atoms with Gasteiger partial charge < -0.3 is 19.8 Å². The third-order valence-corrected chi connectivity index (χ3v) is 8.88. The van der Waals surface area contributed by atoms with Crippen LogP contribution < -0.4 is 4.74 Å². The molecule has 8 heteroatoms. The monoisotopic (exact) mass is 542 g/mol. The summed E-state index contributed by atoms with van der Waals surface area (Å²) in [4.78, 5) is 19.5. The van der Waals surface area contributed by atoms with Gasteiger partial charge in [-0.2, -0.15) is 0 Å². The molecule has 1 saturated heterocycles. The number of carboxylic acids is 1. The summed E-state index contributed by atoms with van der Waals surface area (Å²) in [5, 5.41) is 22.3. The van der Waals surface area contributed by atoms with Gasteiger partial charge in [-0.05, 0) is 98.3 Å². The minimum Gasteiger partial charge on any atom is -0.497 e. The van der Waals surface area contributed by atoms with Gasteiger partial charge in [-0.25, -0.2) is 0 Å². The van der Waals surface area contributed by atoms with Crippen LogP contribution in [0.25, 0.3) is 10.9 Å². The van der Waals surface area contributed by atoms with Gasteiger partial charge >= 0.3 is 5.97 Å². The number of carboxylic acid groups (broad SMARTS) is 1. The fraction of sp³-hybridized carbons (Fsp3) is 0.448. The van der Waals surface area contributed by atoms with Gasteiger partial charge in [0.05, 0.1) is 23.8 Å². The van der Waals surface area contributed by atoms with E-state index in [2.05, 4.69) is 9.88 Å². The molecule has 4 rings (SSSR count). The van der Waals surface area contributed by atoms with Crippen molar-refractivity contribution in [3.63, 3.8) is 0 Å². The average molecular weight is 543 g/mol. The number of hydrogen-bond acceptors (Lipinski definition) is 6. The first-order valence-corrected chi connectivity index (χ1v) is 14.2. The van der Waals surface area contributed by atoms with Crippen LogP contribution in [0, 0.1) is 11.8 Å². The Kier molecular flexibility index (Phi) is 10.1. The normalized spacial score (nSPS) is 19.1. The molecule has 0 aliphatic carbocycles. The number of carbonyl (C=O) groups is 1. The van der Waals surface area contributed by atoms with Crippen molar-refractivity contribution in [1.29, 1.82) is 0 Å². The number of halogens is 1. The highest BCUT2D eigenvalue weighted by Gasteiger charge is 2.31. The highest BCUT2D eigenvalue weighted by atomic mass is 35.5. The first-order chi connectivity index (χ1) is 17.9. The second-order valence-corrected chi connectivity index (χ2v) is 11.3. The molecule has 0 spiro atoms. The summed E-state index contributed by atoms with van der Waals surface area (Å²) in [7, 11) is 1.63. The zero-order valence-corrected chi connectivity index (χ0v) is 22.8. The topological polar surface area (TPSA) is 82.9 Å². The van der Waals surface area contributed by atoms with E-state index in [1.807, 2.05) is 48.5 Å². The molecular weight excluding hydrogens is 508 g/mol. The van der Waals surface area contributed by atoms with E-state index in [0.29, 0.717) is 6.42 Å². The van der Waals surface area contributed by atoms with E-state index in [4.69, 9.17) is 16.3 Å². The maximum Gasteiger partial charge on any atom is 0.303 e. The molecule has 37 heavy (non-hydrogen) atoms. The third-order valence-electron chi connectivity index (χ3n) is 7.28. The van der Waals surface area contributed by atoms with Crippen molar-refractivity contribution in [3.8, 4) is 5.75 Å². The highest BCUT2D eigenvalue weighted by Crippen LogP contribution is 2.35. The Hall–Kier alpha value is -2.32. The summed E-state index contributed by atoms with van der Waals surface area (Å²) in [5.41, 5.74) is 1.66. The Morgan fingerprint density at radius 2 is 2.08 bits per heavy atom. The van der Waals surface area contributed by atoms with Crippen molar-refractivity contribution in [2.45, 2.75) is 43.1 Å². The van der Waals surface area contributed by atoms with E-state index in [1.54, 1.807) is 25.1 Å². The number of aliphatic carboxylic acids is 1. The van der Waals surface area contributed by atoms with Crippen LogP contribution in [-0.2, 0) is 4.79 Å². The predicted molar refractivity (Wildman–Crippen MR) is 150 cm³/mol. The summed E-state index contributed by atoms with van der Waals surface area (Å²) >= 11 is 8.02. The number of likely N-dealkylation sites (tertiary alicyclic amines) is 1. The number of thioether (sulfide) groups is 1. The number of fused-ring (bicyclic) bond motifs is 1. The van der Waals surface area contributed by atoms with Crippen LogP contribution in [0.5, 0.6) is 5.75 Å². The number of nitrogens with zero attached hydrogens (tertiary/aromatic N) is 2. The second kappa shape index (κ2) is 13.5. The number of aliphatic hydroxyl groups excluding tert-OH is 1. The van der Waals surface area contributed by atoms with Crippen LogP contribution in [0.4, 0.5) is 0 Å². The van der Waals surface area contributed by atoms with Crippen LogP contribution >= 0.6 is 23.4 Å². The Morgan fingerprint density at radius 3 is 2.86 bits per heavy atom. The molecular formula is C29H35ClN2O4S. The van der Waals surface area contributed by atoms with Crippen LogP contribution in [0.2, 0.25) is 5.02 Å². The Balaban J connectivity index is 1.31. The molecule has 0 radical (unpaired) electrons. The molecule has 1 unspecified atom stereocenters. The number of rotatable bonds is 12. The molecule has 2 N–H and O–H groups in total. The van der Waals surface area contributed by atoms with Crippen molar-refractivity contribution in [3.05, 3.63) is 65.3 Å². The molecule has 1 fully saturated rings. The van der Waals surface area contributed by atoms with Gasteiger partial charge in [-0.1, -0.05) is 23.7 Å². The fourth-order valence-corrected chi connectivity index (χ4v) is 6.49. The average Bonchev–Trinajstić information content (AvgIpc) is 2.90. The minimum atomic E-state index is -0.751. The van der Waals surface area contributed by atoms with Crippen LogP contribution in [-0.4, -0.2) is 58.6 Å². The van der Waals surface area contributed by atoms with E-state index < -0.39 is 12.1 Å². The summed E-state index contributed by atoms with van der Waals surface area (Å²) in [5.74, 6) is 1.32. The highest BCUT2D eigenvalue weighted by molar-refractivity contribution is 7.99. The standard InChI is InChI=1S/C29H35ClN2O4S/c1-36-22-8-9-26-24(18-22)23(11-13-31-26)27(33)10-7-20-12-15-32(19-21(20)17-29(34)35)14-4-16-37-28-6-3-2-5-25(28)30/h2-3,5-6,8-9,11,13,18,20-21,27,33H,4,7,10,12,14-17,19H2,1H3,(H,34,35)/t20-,21+,27?/m1/s1. The van der Waals surface area contributed by atoms with E-state index in [0.717, 1.165) is 76.8 Å². The third kappa shape index (κ3) is 7.60. The lowest BCUT2D eigenvalue weighted by Gasteiger charge is -2.38. The lowest BCUT2D eigenvalue weighted by molar-refractivity contribution is -0.139. The van der Waals surface area contributed by atoms with E-state index in [1.165, 1.54) is 0 Å². The molecule has 0 bridgehead atoms. The smallest absolute Gasteiger partial charge is 0.303 e. The van der Waals surface area contributed by atoms with Crippen LogP contribution in [0.3, 0.4) is 0 Å². The molecule has 198 valence electrons. The minimum absolute atomic E-state index is 0.0870. The van der Waals surface area contributed by atoms with E-state index in [-0.39, 0.29) is 18.3 Å². The zero-order chi connectivity index (χ0) is 26.2. The number of methoxy groups -OCH3 is 1. The predicted octanol–water partition coefficient (Wildman–Crippen LogP) is 6.31. The molecule has 0 saturated carbocycles. The van der Waals surface area contributed by atoms with Gasteiger partial charge in [-0.3, -0.25) is 9.78 Å². The van der Waals surface area contributed by atoms with Crippen LogP contribution in [0.1, 0.15) is 43.8 Å². The SMILES string of the molecule is COc1ccc2nccc(C(O)CC[C@@H]3CCN(CCCSc4ccccc4Cl)C[C@@H]3CC(=O)O)c2c1.